The Bertz CT molecular complexity index is 678. The summed E-state index contributed by atoms with van der Waals surface area (Å²) in [7, 11) is 0. The van der Waals surface area contributed by atoms with E-state index in [2.05, 4.69) is 51.3 Å². The van der Waals surface area contributed by atoms with Gasteiger partial charge in [0.15, 0.2) is 0 Å². The molecule has 0 spiro atoms. The molecule has 2 amide bonds. The second-order valence-corrected chi connectivity index (χ2v) is 11.1. The van der Waals surface area contributed by atoms with Crippen LogP contribution >= 0.6 is 0 Å². The molecule has 27 heavy (non-hydrogen) atoms. The van der Waals surface area contributed by atoms with Crippen LogP contribution in [0.4, 0.5) is 0 Å². The molecule has 3 aliphatic carbocycles. The van der Waals surface area contributed by atoms with Gasteiger partial charge in [0.05, 0.1) is 0 Å². The van der Waals surface area contributed by atoms with Gasteiger partial charge >= 0.3 is 0 Å². The SMILES string of the molecule is CC(C)(C)NC(=O)[C@H]1CC[C@H]2[C@@H]3CCC4NC(=O)C=C[C@@]4(C)C3CC[C@@]12C. The first kappa shape index (κ1) is 19.0. The van der Waals surface area contributed by atoms with Gasteiger partial charge in [-0.25, -0.2) is 0 Å². The van der Waals surface area contributed by atoms with Gasteiger partial charge in [0.1, 0.15) is 0 Å². The van der Waals surface area contributed by atoms with Crippen molar-refractivity contribution in [2.45, 2.75) is 84.7 Å². The van der Waals surface area contributed by atoms with Crippen molar-refractivity contribution in [2.24, 2.45) is 34.5 Å². The Kier molecular flexibility index (Phi) is 4.29. The van der Waals surface area contributed by atoms with Gasteiger partial charge in [-0.3, -0.25) is 9.59 Å². The fraction of sp³-hybridized carbons (Fsp3) is 0.826. The molecule has 4 aliphatic rings. The normalized spacial score (nSPS) is 46.1. The molecule has 4 heteroatoms. The highest BCUT2D eigenvalue weighted by Crippen LogP contribution is 2.65. The summed E-state index contributed by atoms with van der Waals surface area (Å²) in [6.45, 7) is 11.0. The molecule has 1 aliphatic heterocycles. The second-order valence-electron chi connectivity index (χ2n) is 11.1. The van der Waals surface area contributed by atoms with Gasteiger partial charge in [-0.15, -0.1) is 0 Å². The molecule has 0 bridgehead atoms. The lowest BCUT2D eigenvalue weighted by molar-refractivity contribution is -0.135. The maximum atomic E-state index is 13.0. The number of hydrogen-bond donors (Lipinski definition) is 2. The Balaban J connectivity index is 1.58. The van der Waals surface area contributed by atoms with Crippen molar-refractivity contribution in [1.82, 2.24) is 10.6 Å². The average molecular weight is 373 g/mol. The van der Waals surface area contributed by atoms with Gasteiger partial charge in [0, 0.05) is 22.9 Å². The van der Waals surface area contributed by atoms with Crippen molar-refractivity contribution in [3.05, 3.63) is 12.2 Å². The van der Waals surface area contributed by atoms with Crippen molar-refractivity contribution in [1.29, 1.82) is 0 Å². The zero-order chi connectivity index (χ0) is 19.6. The van der Waals surface area contributed by atoms with E-state index in [0.717, 1.165) is 19.3 Å². The minimum atomic E-state index is -0.167. The molecule has 0 aromatic heterocycles. The van der Waals surface area contributed by atoms with Gasteiger partial charge in [0.2, 0.25) is 11.8 Å². The van der Waals surface area contributed by atoms with E-state index in [9.17, 15) is 9.59 Å². The first-order valence-corrected chi connectivity index (χ1v) is 10.9. The van der Waals surface area contributed by atoms with Gasteiger partial charge < -0.3 is 10.6 Å². The number of hydrogen-bond acceptors (Lipinski definition) is 2. The van der Waals surface area contributed by atoms with E-state index >= 15 is 0 Å². The Morgan fingerprint density at radius 2 is 1.85 bits per heavy atom. The highest BCUT2D eigenvalue weighted by molar-refractivity contribution is 5.89. The number of carbonyl (C=O) groups is 2. The number of amides is 2. The lowest BCUT2D eigenvalue weighted by Gasteiger charge is -2.58. The molecule has 4 nitrogen and oxygen atoms in total. The molecule has 3 saturated carbocycles. The average Bonchev–Trinajstić information content (AvgIpc) is 2.91. The Morgan fingerprint density at radius 3 is 2.56 bits per heavy atom. The predicted octanol–water partition coefficient (Wildman–Crippen LogP) is 3.81. The molecular formula is C23H36N2O2. The van der Waals surface area contributed by atoms with Gasteiger partial charge in [-0.05, 0) is 88.5 Å². The first-order chi connectivity index (χ1) is 12.5. The first-order valence-electron chi connectivity index (χ1n) is 10.9. The Morgan fingerprint density at radius 1 is 1.11 bits per heavy atom. The Labute approximate surface area is 163 Å². The minimum absolute atomic E-state index is 0.0661. The van der Waals surface area contributed by atoms with Crippen LogP contribution in [0, 0.1) is 34.5 Å². The summed E-state index contributed by atoms with van der Waals surface area (Å²) >= 11 is 0. The fourth-order valence-corrected chi connectivity index (χ4v) is 7.22. The zero-order valence-corrected chi connectivity index (χ0v) is 17.6. The molecule has 0 aromatic rings. The standard InChI is InChI=1S/C23H36N2O2/c1-21(2,3)25-20(27)17-8-7-15-14-6-9-18-23(5,13-11-19(26)24-18)16(14)10-12-22(15,17)4/h11,13-18H,6-10,12H2,1-5H3,(H,24,26)(H,25,27)/t14-,15-,16?,17+,18?,22+,23-/m0/s1. The number of nitrogens with one attached hydrogen (secondary N) is 2. The Hall–Kier alpha value is -1.32. The molecule has 0 saturated heterocycles. The summed E-state index contributed by atoms with van der Waals surface area (Å²) in [5, 5.41) is 6.48. The maximum absolute atomic E-state index is 13.0. The van der Waals surface area contributed by atoms with Crippen LogP contribution in [-0.4, -0.2) is 23.4 Å². The van der Waals surface area contributed by atoms with Crippen molar-refractivity contribution in [3.8, 4) is 0 Å². The summed E-state index contributed by atoms with van der Waals surface area (Å²) in [5.41, 5.74) is 0.0323. The van der Waals surface area contributed by atoms with Crippen molar-refractivity contribution >= 4 is 11.8 Å². The van der Waals surface area contributed by atoms with Crippen LogP contribution in [0.5, 0.6) is 0 Å². The summed E-state index contributed by atoms with van der Waals surface area (Å²) in [6.07, 6.45) is 10.7. The highest BCUT2D eigenvalue weighted by Gasteiger charge is 2.60. The lowest BCUT2D eigenvalue weighted by Crippen LogP contribution is -2.59. The molecule has 150 valence electrons. The van der Waals surface area contributed by atoms with Gasteiger partial charge in [-0.1, -0.05) is 19.9 Å². The van der Waals surface area contributed by atoms with E-state index in [1.807, 2.05) is 0 Å². The van der Waals surface area contributed by atoms with Gasteiger partial charge in [-0.2, -0.15) is 0 Å². The van der Waals surface area contributed by atoms with Crippen LogP contribution in [-0.2, 0) is 9.59 Å². The third-order valence-corrected chi connectivity index (χ3v) is 8.50. The van der Waals surface area contributed by atoms with Crippen LogP contribution in [0.1, 0.15) is 73.1 Å². The van der Waals surface area contributed by atoms with Crippen LogP contribution in [0.25, 0.3) is 0 Å². The van der Waals surface area contributed by atoms with Crippen molar-refractivity contribution in [2.75, 3.05) is 0 Å². The van der Waals surface area contributed by atoms with Crippen LogP contribution < -0.4 is 10.6 Å². The van der Waals surface area contributed by atoms with E-state index < -0.39 is 0 Å². The van der Waals surface area contributed by atoms with Crippen molar-refractivity contribution in [3.63, 3.8) is 0 Å². The van der Waals surface area contributed by atoms with E-state index in [1.54, 1.807) is 6.08 Å². The molecular weight excluding hydrogens is 336 g/mol. The summed E-state index contributed by atoms with van der Waals surface area (Å²) in [6, 6.07) is 0.280. The molecule has 2 N–H and O–H groups in total. The lowest BCUT2D eigenvalue weighted by atomic mass is 9.48. The zero-order valence-electron chi connectivity index (χ0n) is 17.6. The minimum Gasteiger partial charge on any atom is -0.351 e. The molecule has 2 unspecified atom stereocenters. The smallest absolute Gasteiger partial charge is 0.243 e. The number of rotatable bonds is 1. The molecule has 4 rings (SSSR count). The molecule has 7 atom stereocenters. The third-order valence-electron chi connectivity index (χ3n) is 8.50. The van der Waals surface area contributed by atoms with Gasteiger partial charge in [0.25, 0.3) is 0 Å². The van der Waals surface area contributed by atoms with Crippen LogP contribution in [0.3, 0.4) is 0 Å². The van der Waals surface area contributed by atoms with Crippen LogP contribution in [0.15, 0.2) is 12.2 Å². The van der Waals surface area contributed by atoms with Crippen LogP contribution in [0.2, 0.25) is 0 Å². The van der Waals surface area contributed by atoms with E-state index in [0.29, 0.717) is 17.8 Å². The number of carbonyl (C=O) groups excluding carboxylic acids is 2. The number of fused-ring (bicyclic) bond motifs is 5. The fourth-order valence-electron chi connectivity index (χ4n) is 7.22. The monoisotopic (exact) mass is 372 g/mol. The highest BCUT2D eigenvalue weighted by atomic mass is 16.2. The van der Waals surface area contributed by atoms with E-state index in [1.165, 1.54) is 19.3 Å². The summed E-state index contributed by atoms with van der Waals surface area (Å²) < 4.78 is 0. The topological polar surface area (TPSA) is 58.2 Å². The predicted molar refractivity (Wildman–Crippen MR) is 107 cm³/mol. The molecule has 1 heterocycles. The molecule has 3 fully saturated rings. The third kappa shape index (κ3) is 2.94. The summed E-state index contributed by atoms with van der Waals surface area (Å²) in [5.74, 6) is 2.41. The second kappa shape index (κ2) is 6.09. The largest absolute Gasteiger partial charge is 0.351 e. The maximum Gasteiger partial charge on any atom is 0.243 e. The van der Waals surface area contributed by atoms with E-state index in [-0.39, 0.29) is 40.1 Å². The molecule has 0 radical (unpaired) electrons. The quantitative estimate of drug-likeness (QED) is 0.735. The van der Waals surface area contributed by atoms with E-state index in [4.69, 9.17) is 0 Å². The molecule has 0 aromatic carbocycles. The van der Waals surface area contributed by atoms with Crippen molar-refractivity contribution < 1.29 is 9.59 Å². The summed E-state index contributed by atoms with van der Waals surface area (Å²) in [4.78, 5) is 24.9.